The molecule has 5 unspecified atom stereocenters. The lowest BCUT2D eigenvalue weighted by atomic mass is 10.0. The summed E-state index contributed by atoms with van der Waals surface area (Å²) in [4.78, 5) is 38.8. The number of fused-ring (bicyclic) bond motifs is 1. The van der Waals surface area contributed by atoms with Crippen LogP contribution in [0.15, 0.2) is 30.3 Å². The summed E-state index contributed by atoms with van der Waals surface area (Å²) < 4.78 is 4.76. The first-order valence-corrected chi connectivity index (χ1v) is 10.5. The van der Waals surface area contributed by atoms with Gasteiger partial charge in [-0.25, -0.2) is 4.79 Å². The number of carboxylic acid groups (broad SMARTS) is 1. The van der Waals surface area contributed by atoms with Gasteiger partial charge < -0.3 is 19.8 Å². The molecule has 2 fully saturated rings. The van der Waals surface area contributed by atoms with Gasteiger partial charge in [0.2, 0.25) is 5.91 Å². The number of nitrogens with one attached hydrogen (secondary N) is 1. The molecule has 1 saturated carbocycles. The highest BCUT2D eigenvalue weighted by molar-refractivity contribution is 5.88. The summed E-state index contributed by atoms with van der Waals surface area (Å²) in [5, 5.41) is 21.6. The minimum absolute atomic E-state index is 0.0463. The van der Waals surface area contributed by atoms with E-state index in [1.165, 1.54) is 4.90 Å². The van der Waals surface area contributed by atoms with Gasteiger partial charge in [-0.15, -0.1) is 0 Å². The molecule has 0 spiro atoms. The number of hydrogen-bond acceptors (Lipinski definition) is 6. The number of carbonyl (C=O) groups excluding carboxylic acids is 2. The van der Waals surface area contributed by atoms with Crippen molar-refractivity contribution in [2.75, 3.05) is 6.79 Å². The van der Waals surface area contributed by atoms with Gasteiger partial charge in [0.1, 0.15) is 12.1 Å². The smallest absolute Gasteiger partial charge is 0.326 e. The van der Waals surface area contributed by atoms with Crippen LogP contribution in [-0.2, 0) is 25.5 Å². The van der Waals surface area contributed by atoms with Crippen molar-refractivity contribution in [3.63, 3.8) is 0 Å². The van der Waals surface area contributed by atoms with E-state index >= 15 is 0 Å². The molecule has 1 heterocycles. The van der Waals surface area contributed by atoms with Gasteiger partial charge in [-0.1, -0.05) is 36.8 Å². The van der Waals surface area contributed by atoms with Gasteiger partial charge in [0.25, 0.3) is 0 Å². The number of aryl methyl sites for hydroxylation is 1. The Morgan fingerprint density at radius 3 is 2.63 bits per heavy atom. The molecule has 8 heteroatoms. The second-order valence-electron chi connectivity index (χ2n) is 8.15. The van der Waals surface area contributed by atoms with Crippen molar-refractivity contribution in [2.45, 2.75) is 69.6 Å². The van der Waals surface area contributed by atoms with Crippen molar-refractivity contribution in [1.29, 1.82) is 0 Å². The fourth-order valence-electron chi connectivity index (χ4n) is 4.81. The van der Waals surface area contributed by atoms with E-state index in [1.54, 1.807) is 6.92 Å². The maximum absolute atomic E-state index is 13.2. The molecule has 164 valence electrons. The number of amides is 1. The van der Waals surface area contributed by atoms with E-state index in [0.29, 0.717) is 19.3 Å². The minimum atomic E-state index is -0.981. The third-order valence-corrected chi connectivity index (χ3v) is 6.26. The summed E-state index contributed by atoms with van der Waals surface area (Å²) in [6.45, 7) is 0.910. The maximum Gasteiger partial charge on any atom is 0.326 e. The normalized spacial score (nSPS) is 24.9. The third kappa shape index (κ3) is 4.99. The molecule has 1 saturated heterocycles. The van der Waals surface area contributed by atoms with Crippen LogP contribution in [0.2, 0.25) is 0 Å². The van der Waals surface area contributed by atoms with Gasteiger partial charge in [0.15, 0.2) is 6.79 Å². The van der Waals surface area contributed by atoms with Crippen LogP contribution < -0.4 is 5.32 Å². The van der Waals surface area contributed by atoms with Crippen molar-refractivity contribution < 1.29 is 29.3 Å². The molecule has 0 aromatic heterocycles. The molecule has 3 N–H and O–H groups in total. The third-order valence-electron chi connectivity index (χ3n) is 6.26. The summed E-state index contributed by atoms with van der Waals surface area (Å²) in [5.41, 5.74) is 1.04. The van der Waals surface area contributed by atoms with Gasteiger partial charge in [0.05, 0.1) is 6.04 Å². The number of aliphatic hydroxyl groups is 1. The summed E-state index contributed by atoms with van der Waals surface area (Å²) in [5.74, 6) is -1.69. The lowest BCUT2D eigenvalue weighted by Gasteiger charge is -2.31. The molecular formula is C22H30N2O6. The highest BCUT2D eigenvalue weighted by Gasteiger charge is 2.49. The van der Waals surface area contributed by atoms with E-state index in [-0.39, 0.29) is 17.9 Å². The van der Waals surface area contributed by atoms with Crippen molar-refractivity contribution in [2.24, 2.45) is 5.92 Å². The number of esters is 1. The SMILES string of the molecule is CC(NC(CCc1ccccc1)C(=O)OCO)C(=O)N1C(C(=O)O)CC2CCCC21. The van der Waals surface area contributed by atoms with Gasteiger partial charge in [-0.05, 0) is 50.5 Å². The van der Waals surface area contributed by atoms with Crippen molar-refractivity contribution >= 4 is 17.8 Å². The molecule has 1 amide bonds. The predicted octanol–water partition coefficient (Wildman–Crippen LogP) is 1.31. The Balaban J connectivity index is 1.68. The number of hydrogen-bond donors (Lipinski definition) is 3. The van der Waals surface area contributed by atoms with Crippen molar-refractivity contribution in [3.05, 3.63) is 35.9 Å². The number of carbonyl (C=O) groups is 3. The zero-order valence-electron chi connectivity index (χ0n) is 17.2. The van der Waals surface area contributed by atoms with Crippen LogP contribution in [0.5, 0.6) is 0 Å². The maximum atomic E-state index is 13.2. The first kappa shape index (κ1) is 22.2. The Hall–Kier alpha value is -2.45. The molecule has 30 heavy (non-hydrogen) atoms. The Morgan fingerprint density at radius 1 is 1.23 bits per heavy atom. The van der Waals surface area contributed by atoms with Gasteiger partial charge in [-0.3, -0.25) is 14.9 Å². The number of nitrogens with zero attached hydrogens (tertiary/aromatic N) is 1. The van der Waals surface area contributed by atoms with Crippen LogP contribution in [-0.4, -0.2) is 63.9 Å². The molecule has 5 atom stereocenters. The Labute approximate surface area is 176 Å². The van der Waals surface area contributed by atoms with Gasteiger partial charge in [-0.2, -0.15) is 0 Å². The molecule has 0 radical (unpaired) electrons. The van der Waals surface area contributed by atoms with Crippen LogP contribution in [0.25, 0.3) is 0 Å². The van der Waals surface area contributed by atoms with Crippen molar-refractivity contribution in [1.82, 2.24) is 10.2 Å². The Morgan fingerprint density at radius 2 is 1.97 bits per heavy atom. The molecule has 1 aromatic carbocycles. The van der Waals surface area contributed by atoms with Crippen LogP contribution in [0.4, 0.5) is 0 Å². The molecule has 2 aliphatic rings. The zero-order chi connectivity index (χ0) is 21.7. The molecule has 1 aliphatic carbocycles. The number of rotatable bonds is 9. The summed E-state index contributed by atoms with van der Waals surface area (Å²) in [7, 11) is 0. The standard InChI is InChI=1S/C22H30N2O6/c1-14(20(26)24-18-9-5-8-16(18)12-19(24)21(27)28)23-17(22(29)30-13-25)11-10-15-6-3-2-4-7-15/h2-4,6-7,14,16-19,23,25H,5,8-13H2,1H3,(H,27,28). The molecule has 1 aliphatic heterocycles. The lowest BCUT2D eigenvalue weighted by molar-refractivity contribution is -0.156. The Kier molecular flexibility index (Phi) is 7.44. The number of aliphatic hydroxyl groups excluding tert-OH is 1. The fraction of sp³-hybridized carbons (Fsp3) is 0.591. The van der Waals surface area contributed by atoms with Crippen LogP contribution in [0, 0.1) is 5.92 Å². The van der Waals surface area contributed by atoms with E-state index in [0.717, 1.165) is 24.8 Å². The molecular weight excluding hydrogens is 388 g/mol. The first-order valence-electron chi connectivity index (χ1n) is 10.5. The summed E-state index contributed by atoms with van der Waals surface area (Å²) >= 11 is 0. The average Bonchev–Trinajstić information content (AvgIpc) is 3.32. The van der Waals surface area contributed by atoms with Crippen LogP contribution in [0.1, 0.15) is 44.6 Å². The van der Waals surface area contributed by atoms with Crippen molar-refractivity contribution in [3.8, 4) is 0 Å². The van der Waals surface area contributed by atoms with E-state index in [9.17, 15) is 19.5 Å². The van der Waals surface area contributed by atoms with E-state index < -0.39 is 36.9 Å². The minimum Gasteiger partial charge on any atom is -0.480 e. The number of benzene rings is 1. The zero-order valence-corrected chi connectivity index (χ0v) is 17.2. The number of ether oxygens (including phenoxy) is 1. The largest absolute Gasteiger partial charge is 0.480 e. The second-order valence-corrected chi connectivity index (χ2v) is 8.15. The highest BCUT2D eigenvalue weighted by atomic mass is 16.6. The quantitative estimate of drug-likeness (QED) is 0.409. The van der Waals surface area contributed by atoms with Gasteiger partial charge >= 0.3 is 11.9 Å². The van der Waals surface area contributed by atoms with Crippen LogP contribution in [0.3, 0.4) is 0 Å². The first-order chi connectivity index (χ1) is 14.4. The monoisotopic (exact) mass is 418 g/mol. The fourth-order valence-corrected chi connectivity index (χ4v) is 4.81. The average molecular weight is 418 g/mol. The number of likely N-dealkylation sites (tertiary alicyclic amines) is 1. The molecule has 1 aromatic rings. The summed E-state index contributed by atoms with van der Waals surface area (Å²) in [6, 6.07) is 7.22. The van der Waals surface area contributed by atoms with E-state index in [1.807, 2.05) is 30.3 Å². The second kappa shape index (κ2) is 10.0. The molecule has 8 nitrogen and oxygen atoms in total. The highest BCUT2D eigenvalue weighted by Crippen LogP contribution is 2.41. The molecule has 3 rings (SSSR count). The van der Waals surface area contributed by atoms with E-state index in [4.69, 9.17) is 9.84 Å². The lowest BCUT2D eigenvalue weighted by Crippen LogP contribution is -2.55. The summed E-state index contributed by atoms with van der Waals surface area (Å²) in [6.07, 6.45) is 4.22. The predicted molar refractivity (Wildman–Crippen MR) is 108 cm³/mol. The van der Waals surface area contributed by atoms with E-state index in [2.05, 4.69) is 5.32 Å². The Bertz CT molecular complexity index is 755. The molecule has 0 bridgehead atoms. The topological polar surface area (TPSA) is 116 Å². The number of carboxylic acids is 1. The van der Waals surface area contributed by atoms with Crippen LogP contribution >= 0.6 is 0 Å². The number of aliphatic carboxylic acids is 1. The van der Waals surface area contributed by atoms with Gasteiger partial charge in [0, 0.05) is 6.04 Å².